The molecule has 2 rings (SSSR count). The van der Waals surface area contributed by atoms with Crippen LogP contribution in [0.15, 0.2) is 35.7 Å². The van der Waals surface area contributed by atoms with Crippen LogP contribution < -0.4 is 5.73 Å². The first-order valence-electron chi connectivity index (χ1n) is 4.31. The number of benzene rings is 1. The summed E-state index contributed by atoms with van der Waals surface area (Å²) < 4.78 is 13.4. The molecule has 1 aromatic heterocycles. The molecule has 1 aromatic carbocycles. The lowest BCUT2D eigenvalue weighted by Crippen LogP contribution is -2.02. The summed E-state index contributed by atoms with van der Waals surface area (Å²) in [6.07, 6.45) is 0. The van der Waals surface area contributed by atoms with E-state index in [1.807, 2.05) is 0 Å². The third-order valence-corrected chi connectivity index (χ3v) is 2.85. The van der Waals surface area contributed by atoms with Gasteiger partial charge in [-0.25, -0.2) is 4.39 Å². The summed E-state index contributed by atoms with van der Waals surface area (Å²) in [5.74, 6) is -0.879. The van der Waals surface area contributed by atoms with Gasteiger partial charge in [0, 0.05) is 5.69 Å². The minimum Gasteiger partial charge on any atom is -0.399 e. The van der Waals surface area contributed by atoms with Crippen LogP contribution in [0.2, 0.25) is 0 Å². The first-order chi connectivity index (χ1) is 7.18. The molecule has 15 heavy (non-hydrogen) atoms. The first-order valence-corrected chi connectivity index (χ1v) is 5.19. The maximum Gasteiger partial charge on any atom is 0.205 e. The van der Waals surface area contributed by atoms with Crippen molar-refractivity contribution in [2.45, 2.75) is 0 Å². The molecule has 0 atom stereocenters. The Bertz CT molecular complexity index is 493. The van der Waals surface area contributed by atoms with Crippen molar-refractivity contribution in [3.8, 4) is 0 Å². The van der Waals surface area contributed by atoms with Gasteiger partial charge in [0.2, 0.25) is 5.78 Å². The second-order valence-electron chi connectivity index (χ2n) is 3.05. The van der Waals surface area contributed by atoms with Crippen molar-refractivity contribution in [3.05, 3.63) is 52.0 Å². The molecule has 2 nitrogen and oxygen atoms in total. The van der Waals surface area contributed by atoms with Crippen LogP contribution in [0.5, 0.6) is 0 Å². The molecule has 0 aliphatic carbocycles. The van der Waals surface area contributed by atoms with E-state index < -0.39 is 5.82 Å². The third-order valence-electron chi connectivity index (χ3n) is 1.98. The van der Waals surface area contributed by atoms with Crippen LogP contribution in [0, 0.1) is 5.82 Å². The van der Waals surface area contributed by atoms with Gasteiger partial charge >= 0.3 is 0 Å². The lowest BCUT2D eigenvalue weighted by Gasteiger charge is -2.01. The van der Waals surface area contributed by atoms with Crippen LogP contribution in [0.4, 0.5) is 10.1 Å². The lowest BCUT2D eigenvalue weighted by atomic mass is 10.1. The van der Waals surface area contributed by atoms with E-state index >= 15 is 0 Å². The maximum absolute atomic E-state index is 13.4. The van der Waals surface area contributed by atoms with Gasteiger partial charge in [0.05, 0.1) is 10.4 Å². The van der Waals surface area contributed by atoms with Crippen molar-refractivity contribution in [2.75, 3.05) is 5.73 Å². The number of carbonyl (C=O) groups excluding carboxylic acids is 1. The molecule has 0 aliphatic heterocycles. The van der Waals surface area contributed by atoms with Crippen LogP contribution in [0.25, 0.3) is 0 Å². The van der Waals surface area contributed by atoms with Crippen molar-refractivity contribution in [3.63, 3.8) is 0 Å². The maximum atomic E-state index is 13.4. The number of halogens is 1. The summed E-state index contributed by atoms with van der Waals surface area (Å²) in [6.45, 7) is 0. The smallest absolute Gasteiger partial charge is 0.205 e. The monoisotopic (exact) mass is 221 g/mol. The zero-order valence-corrected chi connectivity index (χ0v) is 8.55. The fraction of sp³-hybridized carbons (Fsp3) is 0. The summed E-state index contributed by atoms with van der Waals surface area (Å²) in [6, 6.07) is 7.51. The van der Waals surface area contributed by atoms with Crippen LogP contribution in [-0.2, 0) is 0 Å². The van der Waals surface area contributed by atoms with E-state index in [-0.39, 0.29) is 11.3 Å². The van der Waals surface area contributed by atoms with E-state index in [1.54, 1.807) is 17.5 Å². The molecule has 0 bridgehead atoms. The number of rotatable bonds is 2. The number of hydrogen-bond acceptors (Lipinski definition) is 3. The topological polar surface area (TPSA) is 43.1 Å². The Kier molecular flexibility index (Phi) is 2.51. The van der Waals surface area contributed by atoms with Gasteiger partial charge in [-0.15, -0.1) is 11.3 Å². The number of nitrogens with two attached hydrogens (primary N) is 1. The van der Waals surface area contributed by atoms with Gasteiger partial charge in [0.15, 0.2) is 0 Å². The molecule has 0 fully saturated rings. The normalized spacial score (nSPS) is 10.2. The number of hydrogen-bond donors (Lipinski definition) is 1. The highest BCUT2D eigenvalue weighted by Crippen LogP contribution is 2.19. The molecule has 2 N–H and O–H groups in total. The second kappa shape index (κ2) is 3.82. The zero-order chi connectivity index (χ0) is 10.8. The van der Waals surface area contributed by atoms with Gasteiger partial charge in [-0.2, -0.15) is 0 Å². The van der Waals surface area contributed by atoms with Gasteiger partial charge in [-0.3, -0.25) is 4.79 Å². The molecule has 0 amide bonds. The van der Waals surface area contributed by atoms with Gasteiger partial charge in [0.25, 0.3) is 0 Å². The largest absolute Gasteiger partial charge is 0.399 e. The van der Waals surface area contributed by atoms with Gasteiger partial charge < -0.3 is 5.73 Å². The van der Waals surface area contributed by atoms with E-state index in [0.717, 1.165) is 6.07 Å². The number of thiophene rings is 1. The van der Waals surface area contributed by atoms with E-state index in [4.69, 9.17) is 5.73 Å². The highest BCUT2D eigenvalue weighted by atomic mass is 32.1. The SMILES string of the molecule is Nc1ccc(C(=O)c2cccs2)c(F)c1. The van der Waals surface area contributed by atoms with Crippen LogP contribution in [0.1, 0.15) is 15.2 Å². The summed E-state index contributed by atoms with van der Waals surface area (Å²) in [5.41, 5.74) is 5.77. The molecule has 0 saturated carbocycles. The molecule has 0 unspecified atom stereocenters. The Hall–Kier alpha value is -1.68. The Morgan fingerprint density at radius 1 is 1.33 bits per heavy atom. The van der Waals surface area contributed by atoms with Gasteiger partial charge in [-0.05, 0) is 29.6 Å². The van der Waals surface area contributed by atoms with E-state index in [2.05, 4.69) is 0 Å². The second-order valence-corrected chi connectivity index (χ2v) is 3.99. The minimum atomic E-state index is -0.576. The molecular weight excluding hydrogens is 213 g/mol. The lowest BCUT2D eigenvalue weighted by molar-refractivity contribution is 0.103. The fourth-order valence-corrected chi connectivity index (χ4v) is 1.93. The Balaban J connectivity index is 2.42. The Labute approximate surface area is 90.2 Å². The van der Waals surface area contributed by atoms with E-state index in [9.17, 15) is 9.18 Å². The standard InChI is InChI=1S/C11H8FNOS/c12-9-6-7(13)3-4-8(9)11(14)10-2-1-5-15-10/h1-6H,13H2. The number of nitrogen functional groups attached to an aromatic ring is 1. The third kappa shape index (κ3) is 1.89. The summed E-state index contributed by atoms with van der Waals surface area (Å²) in [7, 11) is 0. The van der Waals surface area contributed by atoms with Crippen molar-refractivity contribution in [2.24, 2.45) is 0 Å². The number of ketones is 1. The predicted molar refractivity (Wildman–Crippen MR) is 58.6 cm³/mol. The predicted octanol–water partition coefficient (Wildman–Crippen LogP) is 2.70. The minimum absolute atomic E-state index is 0.0617. The molecule has 2 aromatic rings. The Morgan fingerprint density at radius 3 is 2.73 bits per heavy atom. The van der Waals surface area contributed by atoms with Crippen molar-refractivity contribution >= 4 is 22.8 Å². The molecule has 4 heteroatoms. The highest BCUT2D eigenvalue weighted by molar-refractivity contribution is 7.12. The molecule has 0 spiro atoms. The fourth-order valence-electron chi connectivity index (χ4n) is 1.26. The van der Waals surface area contributed by atoms with Crippen LogP contribution in [-0.4, -0.2) is 5.78 Å². The van der Waals surface area contributed by atoms with E-state index in [1.165, 1.54) is 23.5 Å². The van der Waals surface area contributed by atoms with Gasteiger partial charge in [-0.1, -0.05) is 6.07 Å². The molecule has 76 valence electrons. The summed E-state index contributed by atoms with van der Waals surface area (Å²) in [4.78, 5) is 12.3. The average molecular weight is 221 g/mol. The van der Waals surface area contributed by atoms with Gasteiger partial charge in [0.1, 0.15) is 5.82 Å². The van der Waals surface area contributed by atoms with Crippen molar-refractivity contribution < 1.29 is 9.18 Å². The molecule has 0 aliphatic rings. The summed E-state index contributed by atoms with van der Waals surface area (Å²) in [5, 5.41) is 1.78. The highest BCUT2D eigenvalue weighted by Gasteiger charge is 2.14. The first kappa shape index (κ1) is 9.86. The number of anilines is 1. The molecular formula is C11H8FNOS. The molecule has 0 radical (unpaired) electrons. The quantitative estimate of drug-likeness (QED) is 0.626. The van der Waals surface area contributed by atoms with Crippen molar-refractivity contribution in [1.82, 2.24) is 0 Å². The van der Waals surface area contributed by atoms with E-state index in [0.29, 0.717) is 10.6 Å². The number of carbonyl (C=O) groups is 1. The zero-order valence-electron chi connectivity index (χ0n) is 7.74. The molecule has 1 heterocycles. The average Bonchev–Trinajstić information content (AvgIpc) is 2.69. The molecule has 0 saturated heterocycles. The van der Waals surface area contributed by atoms with Crippen LogP contribution in [0.3, 0.4) is 0 Å². The van der Waals surface area contributed by atoms with Crippen molar-refractivity contribution in [1.29, 1.82) is 0 Å². The Morgan fingerprint density at radius 2 is 2.13 bits per heavy atom. The summed E-state index contributed by atoms with van der Waals surface area (Å²) >= 11 is 1.29. The van der Waals surface area contributed by atoms with Crippen LogP contribution >= 0.6 is 11.3 Å².